The summed E-state index contributed by atoms with van der Waals surface area (Å²) in [5.41, 5.74) is 0.182. The van der Waals surface area contributed by atoms with Crippen LogP contribution in [-0.4, -0.2) is 94.9 Å². The number of hydrogen-bond acceptors (Lipinski definition) is 9. The zero-order chi connectivity index (χ0) is 26.8. The molecule has 2 fully saturated rings. The molecule has 3 aliphatic rings. The number of β-amino-alcohol motifs (C(OH)–C–C–N with tert-alkyl or cyclic N) is 1. The molecule has 4 heterocycles. The lowest BCUT2D eigenvalue weighted by Gasteiger charge is -2.30. The number of hydrogen-bond donors (Lipinski definition) is 2. The third-order valence-corrected chi connectivity index (χ3v) is 6.91. The molecule has 204 valence electrons. The predicted molar refractivity (Wildman–Crippen MR) is 128 cm³/mol. The molecule has 3 aliphatic heterocycles. The topological polar surface area (TPSA) is 129 Å². The van der Waals surface area contributed by atoms with Gasteiger partial charge in [-0.2, -0.15) is 0 Å². The van der Waals surface area contributed by atoms with E-state index in [1.165, 1.54) is 17.2 Å². The fourth-order valence-corrected chi connectivity index (χ4v) is 4.92. The predicted octanol–water partition coefficient (Wildman–Crippen LogP) is 1.75. The van der Waals surface area contributed by atoms with Crippen LogP contribution in [0.15, 0.2) is 35.1 Å². The molecule has 0 spiro atoms. The first-order chi connectivity index (χ1) is 18.3. The van der Waals surface area contributed by atoms with Gasteiger partial charge >= 0.3 is 6.09 Å². The van der Waals surface area contributed by atoms with Crippen molar-refractivity contribution < 1.29 is 42.6 Å². The number of ether oxygens (including phenoxy) is 2. The number of cyclic esters (lactones) is 1. The Labute approximate surface area is 216 Å². The number of carbonyl (C=O) groups is 2. The number of benzene rings is 1. The molecule has 0 bridgehead atoms. The van der Waals surface area contributed by atoms with Crippen molar-refractivity contribution in [1.29, 1.82) is 0 Å². The van der Waals surface area contributed by atoms with E-state index >= 15 is 8.78 Å². The average molecular weight is 535 g/mol. The van der Waals surface area contributed by atoms with Crippen molar-refractivity contribution in [1.82, 2.24) is 15.0 Å². The summed E-state index contributed by atoms with van der Waals surface area (Å²) in [4.78, 5) is 29.2. The van der Waals surface area contributed by atoms with Gasteiger partial charge in [-0.1, -0.05) is 6.08 Å². The Hall–Kier alpha value is -3.55. The maximum Gasteiger partial charge on any atom is 0.414 e. The summed E-state index contributed by atoms with van der Waals surface area (Å²) >= 11 is 0. The number of likely N-dealkylation sites (tertiary alicyclic amines) is 1. The first kappa shape index (κ1) is 26.1. The number of anilines is 1. The van der Waals surface area contributed by atoms with Crippen molar-refractivity contribution in [2.75, 3.05) is 44.2 Å². The van der Waals surface area contributed by atoms with Gasteiger partial charge in [0.2, 0.25) is 0 Å². The summed E-state index contributed by atoms with van der Waals surface area (Å²) in [5, 5.41) is 23.8. The van der Waals surface area contributed by atoms with E-state index in [1.807, 2.05) is 0 Å². The Bertz CT molecular complexity index is 1190. The van der Waals surface area contributed by atoms with Crippen LogP contribution in [0.2, 0.25) is 0 Å². The van der Waals surface area contributed by atoms with Gasteiger partial charge < -0.3 is 29.1 Å². The number of nitrogens with zero attached hydrogens (tertiary/aromatic N) is 4. The molecule has 0 aliphatic carbocycles. The molecule has 0 radical (unpaired) electrons. The van der Waals surface area contributed by atoms with Gasteiger partial charge in [0, 0.05) is 37.8 Å². The minimum Gasteiger partial charge on any atom is -0.471 e. The number of rotatable bonds is 8. The normalized spacial score (nSPS) is 22.9. The monoisotopic (exact) mass is 534 g/mol. The summed E-state index contributed by atoms with van der Waals surface area (Å²) in [5.74, 6) is -1.96. The number of aliphatic hydroxyl groups excluding tert-OH is 2. The Morgan fingerprint density at radius 2 is 2.05 bits per heavy atom. The van der Waals surface area contributed by atoms with Crippen LogP contribution >= 0.6 is 0 Å². The summed E-state index contributed by atoms with van der Waals surface area (Å²) in [6, 6.07) is 3.64. The largest absolute Gasteiger partial charge is 0.471 e. The van der Waals surface area contributed by atoms with Gasteiger partial charge in [0.25, 0.3) is 11.8 Å². The lowest BCUT2D eigenvalue weighted by molar-refractivity contribution is -0.141. The van der Waals surface area contributed by atoms with E-state index in [0.29, 0.717) is 18.5 Å². The van der Waals surface area contributed by atoms with Gasteiger partial charge in [-0.25, -0.2) is 13.6 Å². The Morgan fingerprint density at radius 3 is 2.68 bits per heavy atom. The minimum absolute atomic E-state index is 0.00671. The molecule has 2 saturated heterocycles. The fourth-order valence-electron chi connectivity index (χ4n) is 4.92. The van der Waals surface area contributed by atoms with E-state index in [1.54, 1.807) is 11.0 Å². The number of aliphatic hydroxyl groups is 2. The molecule has 38 heavy (non-hydrogen) atoms. The van der Waals surface area contributed by atoms with E-state index in [-0.39, 0.29) is 56.3 Å². The molecule has 0 saturated carbocycles. The van der Waals surface area contributed by atoms with Crippen LogP contribution in [0.5, 0.6) is 5.88 Å². The van der Waals surface area contributed by atoms with E-state index in [9.17, 15) is 19.8 Å². The third-order valence-electron chi connectivity index (χ3n) is 6.91. The van der Waals surface area contributed by atoms with E-state index in [4.69, 9.17) is 9.47 Å². The summed E-state index contributed by atoms with van der Waals surface area (Å²) in [6.07, 6.45) is 1.09. The lowest BCUT2D eigenvalue weighted by Crippen LogP contribution is -2.47. The molecule has 11 nitrogen and oxygen atoms in total. The van der Waals surface area contributed by atoms with Crippen molar-refractivity contribution in [3.63, 3.8) is 0 Å². The molecule has 2 N–H and O–H groups in total. The molecule has 1 aromatic carbocycles. The standard InChI is InChI=1S/C25H28F2N4O7/c26-18-10-16(31-12-17(38-25(31)35)14-36-21-5-9-37-28-21)11-19(27)23(18)15-3-7-29(8-4-15)24(34)20(32)13-30-6-1-2-22(30)33/h3,5,9-11,17,20,22,32-33H,1-2,4,6-8,12-14H2/t17-,20+,22-/m1/s1. The van der Waals surface area contributed by atoms with Crippen LogP contribution in [-0.2, 0) is 9.53 Å². The van der Waals surface area contributed by atoms with Crippen molar-refractivity contribution in [3.05, 3.63) is 47.7 Å². The zero-order valence-electron chi connectivity index (χ0n) is 20.5. The third kappa shape index (κ3) is 5.49. The molecule has 2 amide bonds. The maximum atomic E-state index is 15.1. The highest BCUT2D eigenvalue weighted by atomic mass is 19.1. The Kier molecular flexibility index (Phi) is 7.58. The number of amides is 2. The van der Waals surface area contributed by atoms with Crippen LogP contribution < -0.4 is 9.64 Å². The molecular weight excluding hydrogens is 506 g/mol. The summed E-state index contributed by atoms with van der Waals surface area (Å²) in [6.45, 7) is 0.926. The highest BCUT2D eigenvalue weighted by molar-refractivity contribution is 5.90. The molecule has 5 rings (SSSR count). The first-order valence-corrected chi connectivity index (χ1v) is 12.4. The molecular formula is C25H28F2N4O7. The number of carbonyl (C=O) groups excluding carboxylic acids is 2. The first-order valence-electron chi connectivity index (χ1n) is 12.4. The van der Waals surface area contributed by atoms with Crippen molar-refractivity contribution >= 4 is 23.3 Å². The minimum atomic E-state index is -1.30. The highest BCUT2D eigenvalue weighted by Crippen LogP contribution is 2.32. The van der Waals surface area contributed by atoms with Gasteiger partial charge in [0.15, 0.2) is 6.10 Å². The maximum absolute atomic E-state index is 15.1. The summed E-state index contributed by atoms with van der Waals surface area (Å²) < 4.78 is 45.5. The smallest absolute Gasteiger partial charge is 0.414 e. The number of halogens is 2. The van der Waals surface area contributed by atoms with E-state index in [0.717, 1.165) is 23.5 Å². The lowest BCUT2D eigenvalue weighted by atomic mass is 9.97. The van der Waals surface area contributed by atoms with Gasteiger partial charge in [-0.05, 0) is 42.1 Å². The quantitative estimate of drug-likeness (QED) is 0.520. The molecule has 13 heteroatoms. The van der Waals surface area contributed by atoms with Crippen LogP contribution in [0, 0.1) is 11.6 Å². The van der Waals surface area contributed by atoms with Gasteiger partial charge in [0.05, 0.1) is 12.2 Å². The summed E-state index contributed by atoms with van der Waals surface area (Å²) in [7, 11) is 0. The Balaban J connectivity index is 1.21. The fraction of sp³-hybridized carbons (Fsp3) is 0.480. The van der Waals surface area contributed by atoms with Crippen LogP contribution in [0.3, 0.4) is 0 Å². The Morgan fingerprint density at radius 1 is 1.26 bits per heavy atom. The highest BCUT2D eigenvalue weighted by Gasteiger charge is 2.35. The van der Waals surface area contributed by atoms with Crippen LogP contribution in [0.4, 0.5) is 19.3 Å². The van der Waals surface area contributed by atoms with Crippen molar-refractivity contribution in [2.45, 2.75) is 37.7 Å². The second kappa shape index (κ2) is 11.1. The second-order valence-electron chi connectivity index (χ2n) is 9.45. The van der Waals surface area contributed by atoms with Crippen molar-refractivity contribution in [3.8, 4) is 5.88 Å². The van der Waals surface area contributed by atoms with Gasteiger partial charge in [-0.3, -0.25) is 14.6 Å². The second-order valence-corrected chi connectivity index (χ2v) is 9.45. The SMILES string of the molecule is O=C([C@@H](O)CN1CCC[C@H]1O)N1CC=C(c2c(F)cc(N3C[C@H](COc4ccon4)OC3=O)cc2F)CC1. The van der Waals surface area contributed by atoms with E-state index in [2.05, 4.69) is 9.68 Å². The van der Waals surface area contributed by atoms with Gasteiger partial charge in [-0.15, -0.1) is 0 Å². The average Bonchev–Trinajstić information content (AvgIpc) is 3.64. The molecule has 2 aromatic rings. The number of aromatic nitrogens is 1. The molecule has 1 aromatic heterocycles. The van der Waals surface area contributed by atoms with E-state index < -0.39 is 42.1 Å². The zero-order valence-corrected chi connectivity index (χ0v) is 20.5. The molecule has 0 unspecified atom stereocenters. The van der Waals surface area contributed by atoms with Crippen molar-refractivity contribution in [2.24, 2.45) is 0 Å². The van der Waals surface area contributed by atoms with Crippen LogP contribution in [0.1, 0.15) is 24.8 Å². The molecule has 3 atom stereocenters. The van der Waals surface area contributed by atoms with Gasteiger partial charge in [0.1, 0.15) is 36.8 Å². The van der Waals surface area contributed by atoms with Crippen LogP contribution in [0.25, 0.3) is 5.57 Å².